The van der Waals surface area contributed by atoms with Crippen LogP contribution in [0.5, 0.6) is 0 Å². The van der Waals surface area contributed by atoms with E-state index in [-0.39, 0.29) is 24.5 Å². The van der Waals surface area contributed by atoms with Gasteiger partial charge in [0.25, 0.3) is 0 Å². The van der Waals surface area contributed by atoms with Crippen LogP contribution in [0.3, 0.4) is 0 Å². The molecule has 0 bridgehead atoms. The van der Waals surface area contributed by atoms with Crippen molar-refractivity contribution in [2.24, 2.45) is 0 Å². The van der Waals surface area contributed by atoms with E-state index in [1.54, 1.807) is 0 Å². The van der Waals surface area contributed by atoms with Crippen LogP contribution in [0.1, 0.15) is 123 Å². The number of esters is 1. The zero-order valence-corrected chi connectivity index (χ0v) is 22.8. The summed E-state index contributed by atoms with van der Waals surface area (Å²) < 4.78 is 5.79. The lowest BCUT2D eigenvalue weighted by Gasteiger charge is -2.18. The zero-order chi connectivity index (χ0) is 26.7. The molecule has 0 aromatic rings. The minimum Gasteiger partial charge on any atom is -0.480 e. The molecule has 0 radical (unpaired) electrons. The van der Waals surface area contributed by atoms with Crippen molar-refractivity contribution in [1.29, 1.82) is 0 Å². The van der Waals surface area contributed by atoms with Crippen molar-refractivity contribution in [2.45, 2.75) is 129 Å². The van der Waals surface area contributed by atoms with Gasteiger partial charge in [-0.3, -0.25) is 14.4 Å². The van der Waals surface area contributed by atoms with Gasteiger partial charge in [0, 0.05) is 12.8 Å². The van der Waals surface area contributed by atoms with Gasteiger partial charge in [-0.25, -0.2) is 0 Å². The highest BCUT2D eigenvalue weighted by Gasteiger charge is 2.14. The summed E-state index contributed by atoms with van der Waals surface area (Å²) in [5.41, 5.74) is 0. The second-order valence-corrected chi connectivity index (χ2v) is 9.27. The topological polar surface area (TPSA) is 92.7 Å². The lowest BCUT2D eigenvalue weighted by atomic mass is 10.0. The highest BCUT2D eigenvalue weighted by Crippen LogP contribution is 2.16. The van der Waals surface area contributed by atoms with Gasteiger partial charge in [0.1, 0.15) is 12.6 Å². The van der Waals surface area contributed by atoms with E-state index in [4.69, 9.17) is 9.84 Å². The summed E-state index contributed by atoms with van der Waals surface area (Å²) in [6.07, 6.45) is 28.6. The molecule has 206 valence electrons. The number of allylic oxidation sites excluding steroid dienone is 6. The summed E-state index contributed by atoms with van der Waals surface area (Å²) >= 11 is 0. The summed E-state index contributed by atoms with van der Waals surface area (Å²) in [6, 6.07) is 0. The van der Waals surface area contributed by atoms with Crippen LogP contribution in [0.4, 0.5) is 0 Å². The van der Waals surface area contributed by atoms with Crippen LogP contribution in [-0.2, 0) is 19.1 Å². The van der Waals surface area contributed by atoms with Crippen LogP contribution < -0.4 is 5.32 Å². The van der Waals surface area contributed by atoms with Gasteiger partial charge in [-0.05, 0) is 70.6 Å². The largest absolute Gasteiger partial charge is 0.480 e. The molecule has 0 heterocycles. The second-order valence-electron chi connectivity index (χ2n) is 9.27. The summed E-state index contributed by atoms with van der Waals surface area (Å²) in [6.45, 7) is 3.97. The Kier molecular flexibility index (Phi) is 24.0. The summed E-state index contributed by atoms with van der Waals surface area (Å²) in [7, 11) is 0. The zero-order valence-electron chi connectivity index (χ0n) is 22.8. The predicted molar refractivity (Wildman–Crippen MR) is 148 cm³/mol. The van der Waals surface area contributed by atoms with Crippen molar-refractivity contribution in [3.05, 3.63) is 36.5 Å². The van der Waals surface area contributed by atoms with Gasteiger partial charge >= 0.3 is 11.9 Å². The van der Waals surface area contributed by atoms with Crippen LogP contribution in [0, 0.1) is 0 Å². The average Bonchev–Trinajstić information content (AvgIpc) is 2.85. The van der Waals surface area contributed by atoms with Gasteiger partial charge < -0.3 is 15.2 Å². The van der Waals surface area contributed by atoms with E-state index in [2.05, 4.69) is 55.6 Å². The third-order valence-electron chi connectivity index (χ3n) is 5.83. The van der Waals surface area contributed by atoms with E-state index >= 15 is 0 Å². The monoisotopic (exact) mass is 505 g/mol. The first-order valence-corrected chi connectivity index (χ1v) is 14.1. The van der Waals surface area contributed by atoms with Crippen molar-refractivity contribution in [3.63, 3.8) is 0 Å². The first-order chi connectivity index (χ1) is 17.5. The lowest BCUT2D eigenvalue weighted by molar-refractivity contribution is -0.150. The number of rotatable bonds is 24. The van der Waals surface area contributed by atoms with E-state index in [0.717, 1.165) is 89.9 Å². The van der Waals surface area contributed by atoms with Crippen molar-refractivity contribution >= 4 is 17.8 Å². The van der Waals surface area contributed by atoms with Gasteiger partial charge in [0.05, 0.1) is 0 Å². The number of unbranched alkanes of at least 4 members (excludes halogenated alkanes) is 7. The molecule has 2 N–H and O–H groups in total. The number of carbonyl (C=O) groups excluding carboxylic acids is 2. The summed E-state index contributed by atoms with van der Waals surface area (Å²) in [5.74, 6) is -1.36. The van der Waals surface area contributed by atoms with E-state index in [0.29, 0.717) is 19.3 Å². The molecule has 0 saturated carbocycles. The molecule has 0 saturated heterocycles. The molecule has 36 heavy (non-hydrogen) atoms. The molecule has 0 aliphatic rings. The Hall–Kier alpha value is -2.37. The molecule has 6 nitrogen and oxygen atoms in total. The van der Waals surface area contributed by atoms with Gasteiger partial charge in [-0.1, -0.05) is 76.0 Å². The van der Waals surface area contributed by atoms with Gasteiger partial charge in [0.2, 0.25) is 5.91 Å². The van der Waals surface area contributed by atoms with E-state index < -0.39 is 5.97 Å². The molecule has 0 aromatic carbocycles. The molecule has 0 spiro atoms. The first kappa shape index (κ1) is 33.6. The standard InChI is InChI=1S/C30H51NO5/c1-3-5-7-8-9-10-11-12-13-14-15-16-21-25-30(35)36-27(22-18-6-4-2)23-19-17-20-24-28(32)31-26-29(33)34/h5,7,9-10,12-13,27H,3-4,6,8,11,14-26H2,1-2H3,(H,31,32)(H,33,34)/b7-5-,10-9-,13-12-. The number of carboxylic acid groups (broad SMARTS) is 1. The smallest absolute Gasteiger partial charge is 0.322 e. The molecule has 0 aliphatic carbocycles. The maximum atomic E-state index is 12.3. The van der Waals surface area contributed by atoms with E-state index in [9.17, 15) is 14.4 Å². The highest BCUT2D eigenvalue weighted by atomic mass is 16.5. The second kappa shape index (κ2) is 25.7. The fourth-order valence-electron chi connectivity index (χ4n) is 3.76. The quantitative estimate of drug-likeness (QED) is 0.0808. The lowest BCUT2D eigenvalue weighted by Crippen LogP contribution is -2.28. The van der Waals surface area contributed by atoms with Crippen LogP contribution in [0.15, 0.2) is 36.5 Å². The van der Waals surface area contributed by atoms with Crippen molar-refractivity contribution < 1.29 is 24.2 Å². The molecule has 0 fully saturated rings. The number of carbonyl (C=O) groups is 3. The SMILES string of the molecule is CC/C=C\C/C=C\C/C=C\CCCCCC(=O)OC(CCCCC)CCCCCC(=O)NCC(=O)O. The number of hydrogen-bond acceptors (Lipinski definition) is 4. The third kappa shape index (κ3) is 24.7. The van der Waals surface area contributed by atoms with Crippen LogP contribution >= 0.6 is 0 Å². The van der Waals surface area contributed by atoms with Gasteiger partial charge in [0.15, 0.2) is 0 Å². The number of nitrogens with one attached hydrogen (secondary N) is 1. The minimum absolute atomic E-state index is 0.0432. The first-order valence-electron chi connectivity index (χ1n) is 14.1. The summed E-state index contributed by atoms with van der Waals surface area (Å²) in [5, 5.41) is 11.0. The van der Waals surface area contributed by atoms with Crippen molar-refractivity contribution in [2.75, 3.05) is 6.54 Å². The predicted octanol–water partition coefficient (Wildman–Crippen LogP) is 7.44. The maximum Gasteiger partial charge on any atom is 0.322 e. The fourth-order valence-corrected chi connectivity index (χ4v) is 3.76. The van der Waals surface area contributed by atoms with Crippen molar-refractivity contribution in [1.82, 2.24) is 5.32 Å². The Morgan fingerprint density at radius 1 is 0.750 bits per heavy atom. The van der Waals surface area contributed by atoms with E-state index in [1.165, 1.54) is 0 Å². The molecular weight excluding hydrogens is 454 g/mol. The number of carboxylic acids is 1. The maximum absolute atomic E-state index is 12.3. The molecule has 1 amide bonds. The minimum atomic E-state index is -1.04. The molecule has 6 heteroatoms. The number of aliphatic carboxylic acids is 1. The van der Waals surface area contributed by atoms with Gasteiger partial charge in [-0.15, -0.1) is 0 Å². The molecule has 1 atom stereocenters. The molecule has 0 aliphatic heterocycles. The highest BCUT2D eigenvalue weighted by molar-refractivity contribution is 5.80. The Morgan fingerprint density at radius 3 is 2.03 bits per heavy atom. The van der Waals surface area contributed by atoms with Crippen LogP contribution in [-0.4, -0.2) is 35.6 Å². The van der Waals surface area contributed by atoms with Crippen molar-refractivity contribution in [3.8, 4) is 0 Å². The van der Waals surface area contributed by atoms with Crippen LogP contribution in [0.2, 0.25) is 0 Å². The normalized spacial score (nSPS) is 12.5. The average molecular weight is 506 g/mol. The fraction of sp³-hybridized carbons (Fsp3) is 0.700. The molecule has 0 aromatic heterocycles. The molecule has 0 rings (SSSR count). The number of amides is 1. The summed E-state index contributed by atoms with van der Waals surface area (Å²) in [4.78, 5) is 34.4. The third-order valence-corrected chi connectivity index (χ3v) is 5.83. The van der Waals surface area contributed by atoms with E-state index in [1.807, 2.05) is 0 Å². The Balaban J connectivity index is 3.99. The number of ether oxygens (including phenoxy) is 1. The van der Waals surface area contributed by atoms with Gasteiger partial charge in [-0.2, -0.15) is 0 Å². The van der Waals surface area contributed by atoms with Crippen LogP contribution in [0.25, 0.3) is 0 Å². The molecule has 1 unspecified atom stereocenters. The Morgan fingerprint density at radius 2 is 1.36 bits per heavy atom. The Labute approximate surface area is 219 Å². The Bertz CT molecular complexity index is 654. The molecular formula is C30H51NO5. The number of hydrogen-bond donors (Lipinski definition) is 2.